The minimum absolute atomic E-state index is 0. The van der Waals surface area contributed by atoms with E-state index in [0.29, 0.717) is 6.16 Å². The van der Waals surface area contributed by atoms with Crippen molar-refractivity contribution in [1.29, 1.82) is 0 Å². The average Bonchev–Trinajstić information content (AvgIpc) is 1.96. The molecule has 0 aromatic carbocycles. The molecule has 0 aliphatic heterocycles. The summed E-state index contributed by atoms with van der Waals surface area (Å²) in [6.07, 6.45) is 7.27. The smallest absolute Gasteiger partial charge is 0.596 e. The van der Waals surface area contributed by atoms with Gasteiger partial charge >= 0.3 is 25.1 Å². The van der Waals surface area contributed by atoms with Crippen LogP contribution in [0.3, 0.4) is 0 Å². The van der Waals surface area contributed by atoms with Gasteiger partial charge in [-0.1, -0.05) is 37.2 Å². The van der Waals surface area contributed by atoms with Crippen LogP contribution in [0.1, 0.15) is 45.4 Å². The second-order valence-electron chi connectivity index (χ2n) is 2.82. The molecule has 0 aliphatic carbocycles. The van der Waals surface area contributed by atoms with E-state index in [1.54, 1.807) is 0 Å². The first-order valence-electron chi connectivity index (χ1n) is 4.39. The Hall–Kier alpha value is 0.579. The normalized spacial score (nSPS) is 10.7. The van der Waals surface area contributed by atoms with Gasteiger partial charge in [-0.3, -0.25) is 0 Å². The molecule has 0 saturated heterocycles. The van der Waals surface area contributed by atoms with E-state index in [2.05, 4.69) is 6.92 Å². The van der Waals surface area contributed by atoms with E-state index in [9.17, 15) is 9.46 Å². The van der Waals surface area contributed by atoms with Gasteiger partial charge in [-0.2, -0.15) is 0 Å². The van der Waals surface area contributed by atoms with Crippen LogP contribution >= 0.6 is 8.03 Å². The van der Waals surface area contributed by atoms with Crippen LogP contribution in [0.15, 0.2) is 0 Å². The van der Waals surface area contributed by atoms with Gasteiger partial charge in [0.05, 0.1) is 0 Å². The van der Waals surface area contributed by atoms with E-state index in [-0.39, 0.29) is 17.1 Å². The van der Waals surface area contributed by atoms with Crippen molar-refractivity contribution < 1.29 is 26.5 Å². The summed E-state index contributed by atoms with van der Waals surface area (Å²) in [5, 5.41) is 0. The van der Waals surface area contributed by atoms with E-state index in [1.807, 2.05) is 0 Å². The van der Waals surface area contributed by atoms with Gasteiger partial charge in [0.1, 0.15) is 6.16 Å². The molecule has 0 bridgehead atoms. The Morgan fingerprint density at radius 2 is 1.58 bits per heavy atom. The predicted molar refractivity (Wildman–Crippen MR) is 45.8 cm³/mol. The molecule has 1 unspecified atom stereocenters. The molecule has 0 amide bonds. The molecule has 0 heterocycles. The van der Waals surface area contributed by atoms with Gasteiger partial charge in [-0.15, -0.1) is 0 Å². The second-order valence-corrected chi connectivity index (χ2v) is 3.94. The van der Waals surface area contributed by atoms with E-state index in [0.717, 1.165) is 12.8 Å². The molecule has 0 rings (SSSR count). The van der Waals surface area contributed by atoms with Crippen molar-refractivity contribution in [2.45, 2.75) is 45.4 Å². The number of hydrogen-bond acceptors (Lipinski definition) is 2. The zero-order chi connectivity index (χ0) is 8.53. The Bertz CT molecular complexity index is 109. The third-order valence-electron chi connectivity index (χ3n) is 1.69. The van der Waals surface area contributed by atoms with Gasteiger partial charge in [0, 0.05) is 0 Å². The van der Waals surface area contributed by atoms with Crippen molar-refractivity contribution >= 4 is 8.03 Å². The van der Waals surface area contributed by atoms with Crippen LogP contribution in [0.2, 0.25) is 0 Å². The van der Waals surface area contributed by atoms with Crippen molar-refractivity contribution in [3.8, 4) is 0 Å². The Kier molecular flexibility index (Phi) is 14.5. The Balaban J connectivity index is 0. The molecule has 72 valence electrons. The summed E-state index contributed by atoms with van der Waals surface area (Å²) in [6.45, 7) is 2.18. The fraction of sp³-hybridized carbons (Fsp3) is 1.00. The molecule has 0 aromatic heterocycles. The van der Waals surface area contributed by atoms with Crippen molar-refractivity contribution in [1.82, 2.24) is 0 Å². The molecule has 0 fully saturated rings. The zero-order valence-electron chi connectivity index (χ0n) is 7.57. The standard InChI is InChI=1S/C8H17O2P.Fe/c1-2-3-4-5-6-7-8-11(9)10;/h2-8H2,1H3;/q;+2. The zero-order valence-corrected chi connectivity index (χ0v) is 9.57. The first-order valence-corrected chi connectivity index (χ1v) is 5.75. The largest absolute Gasteiger partial charge is 2.00 e. The van der Waals surface area contributed by atoms with Crippen molar-refractivity contribution in [3.05, 3.63) is 0 Å². The van der Waals surface area contributed by atoms with Crippen molar-refractivity contribution in [2.75, 3.05) is 6.16 Å². The number of rotatable bonds is 7. The van der Waals surface area contributed by atoms with E-state index >= 15 is 0 Å². The molecule has 0 N–H and O–H groups in total. The molecule has 0 aromatic rings. The molecule has 2 nitrogen and oxygen atoms in total. The average molecular weight is 232 g/mol. The summed E-state index contributed by atoms with van der Waals surface area (Å²) in [5.41, 5.74) is 0. The summed E-state index contributed by atoms with van der Waals surface area (Å²) >= 11 is 0. The predicted octanol–water partition coefficient (Wildman–Crippen LogP) is 2.45. The summed E-state index contributed by atoms with van der Waals surface area (Å²) in [5.74, 6) is 0. The molecule has 1 atom stereocenters. The maximum Gasteiger partial charge on any atom is 2.00 e. The monoisotopic (exact) mass is 232 g/mol. The van der Waals surface area contributed by atoms with E-state index in [1.165, 1.54) is 25.7 Å². The fourth-order valence-electron chi connectivity index (χ4n) is 1.02. The summed E-state index contributed by atoms with van der Waals surface area (Å²) in [7, 11) is -2.12. The third-order valence-corrected chi connectivity index (χ3v) is 2.38. The molecule has 0 radical (unpaired) electrons. The van der Waals surface area contributed by atoms with Gasteiger partial charge in [-0.05, 0) is 12.8 Å². The summed E-state index contributed by atoms with van der Waals surface area (Å²) in [6, 6.07) is 0. The van der Waals surface area contributed by atoms with Crippen LogP contribution < -0.4 is 4.89 Å². The van der Waals surface area contributed by atoms with Crippen LogP contribution in [0.4, 0.5) is 0 Å². The topological polar surface area (TPSA) is 40.1 Å². The van der Waals surface area contributed by atoms with Crippen LogP contribution in [-0.4, -0.2) is 6.16 Å². The van der Waals surface area contributed by atoms with E-state index in [4.69, 9.17) is 0 Å². The fourth-order valence-corrected chi connectivity index (χ4v) is 1.50. The van der Waals surface area contributed by atoms with Crippen molar-refractivity contribution in [3.63, 3.8) is 0 Å². The molecular formula is C8H17FeO2P+2. The van der Waals surface area contributed by atoms with Gasteiger partial charge in [-0.25, -0.2) is 0 Å². The van der Waals surface area contributed by atoms with Crippen LogP contribution in [0.25, 0.3) is 0 Å². The number of hydrogen-bond donors (Lipinski definition) is 0. The molecule has 0 spiro atoms. The SMILES string of the molecule is CCCCCCCC[P+](=O)[O-].[Fe+2]. The van der Waals surface area contributed by atoms with Gasteiger partial charge in [0.25, 0.3) is 0 Å². The van der Waals surface area contributed by atoms with Crippen LogP contribution in [-0.2, 0) is 21.6 Å². The molecule has 4 heteroatoms. The Morgan fingerprint density at radius 3 is 2.08 bits per heavy atom. The molecule has 12 heavy (non-hydrogen) atoms. The molecule has 0 saturated carbocycles. The summed E-state index contributed by atoms with van der Waals surface area (Å²) in [4.78, 5) is 10.1. The first-order chi connectivity index (χ1) is 5.27. The quantitative estimate of drug-likeness (QED) is 0.384. The maximum atomic E-state index is 10.1. The van der Waals surface area contributed by atoms with Gasteiger partial charge < -0.3 is 4.89 Å². The second kappa shape index (κ2) is 11.6. The van der Waals surface area contributed by atoms with Crippen LogP contribution in [0.5, 0.6) is 0 Å². The van der Waals surface area contributed by atoms with Crippen LogP contribution in [0, 0.1) is 0 Å². The molecule has 0 aliphatic rings. The third kappa shape index (κ3) is 13.2. The van der Waals surface area contributed by atoms with Gasteiger partial charge in [0.2, 0.25) is 0 Å². The number of unbranched alkanes of at least 4 members (excludes halogenated alkanes) is 5. The summed E-state index contributed by atoms with van der Waals surface area (Å²) < 4.78 is 10.1. The first kappa shape index (κ1) is 15.1. The minimum Gasteiger partial charge on any atom is -0.596 e. The maximum absolute atomic E-state index is 10.1. The minimum atomic E-state index is -2.12. The van der Waals surface area contributed by atoms with Gasteiger partial charge in [0.15, 0.2) is 0 Å². The Labute approximate surface area is 86.5 Å². The van der Waals surface area contributed by atoms with Crippen molar-refractivity contribution in [2.24, 2.45) is 0 Å². The van der Waals surface area contributed by atoms with E-state index < -0.39 is 8.03 Å². The Morgan fingerprint density at radius 1 is 1.08 bits per heavy atom. The molecular weight excluding hydrogens is 215 g/mol.